The van der Waals surface area contributed by atoms with Gasteiger partial charge in [0.15, 0.2) is 5.13 Å². The van der Waals surface area contributed by atoms with E-state index in [1.165, 1.54) is 6.07 Å². The Morgan fingerprint density at radius 1 is 1.28 bits per heavy atom. The maximum absolute atomic E-state index is 13.9. The zero-order chi connectivity index (χ0) is 21.1. The van der Waals surface area contributed by atoms with Crippen LogP contribution < -0.4 is 11.1 Å². The Morgan fingerprint density at radius 2 is 1.90 bits per heavy atom. The number of hydrogen-bond donors (Lipinski definition) is 2. The van der Waals surface area contributed by atoms with Crippen molar-refractivity contribution in [2.24, 2.45) is 0 Å². The van der Waals surface area contributed by atoms with Crippen molar-refractivity contribution in [2.75, 3.05) is 44.8 Å². The molecule has 0 unspecified atom stereocenters. The van der Waals surface area contributed by atoms with Gasteiger partial charge in [-0.3, -0.25) is 9.59 Å². The standard InChI is InChI=1S/C19H23F2N5O2S/c1-25(2)10-14(27)26-8-6-11(7-9-26)23-19-24-18(22)17(29-19)16(28)15-12(20)4-3-5-13(15)21/h3-5,11H,6-10,22H2,1-2H3,(H,23,24). The first-order chi connectivity index (χ1) is 13.8. The Hall–Kier alpha value is -2.59. The first-order valence-corrected chi connectivity index (χ1v) is 10.0. The zero-order valence-electron chi connectivity index (χ0n) is 16.2. The number of aromatic nitrogens is 1. The molecule has 0 spiro atoms. The number of nitrogens with one attached hydrogen (secondary N) is 1. The van der Waals surface area contributed by atoms with Crippen LogP contribution in [0.4, 0.5) is 19.7 Å². The highest BCUT2D eigenvalue weighted by Crippen LogP contribution is 2.30. The molecule has 1 amide bonds. The van der Waals surface area contributed by atoms with Gasteiger partial charge in [0.2, 0.25) is 11.7 Å². The molecule has 1 aliphatic heterocycles. The number of rotatable bonds is 6. The first-order valence-electron chi connectivity index (χ1n) is 9.20. The summed E-state index contributed by atoms with van der Waals surface area (Å²) in [5, 5.41) is 3.63. The lowest BCUT2D eigenvalue weighted by Crippen LogP contribution is -2.45. The number of piperidine rings is 1. The molecule has 2 aromatic rings. The molecule has 2 heterocycles. The van der Waals surface area contributed by atoms with Gasteiger partial charge in [-0.25, -0.2) is 13.8 Å². The summed E-state index contributed by atoms with van der Waals surface area (Å²) in [7, 11) is 3.70. The van der Waals surface area contributed by atoms with E-state index in [1.807, 2.05) is 23.9 Å². The summed E-state index contributed by atoms with van der Waals surface area (Å²) in [6, 6.07) is 3.31. The average molecular weight is 423 g/mol. The molecule has 0 aliphatic carbocycles. The summed E-state index contributed by atoms with van der Waals surface area (Å²) in [5.74, 6) is -2.68. The van der Waals surface area contributed by atoms with Crippen LogP contribution in [0.5, 0.6) is 0 Å². The molecular weight excluding hydrogens is 400 g/mol. The predicted molar refractivity (Wildman–Crippen MR) is 108 cm³/mol. The van der Waals surface area contributed by atoms with Gasteiger partial charge in [-0.2, -0.15) is 0 Å². The molecule has 1 fully saturated rings. The second-order valence-corrected chi connectivity index (χ2v) is 8.20. The highest BCUT2D eigenvalue weighted by molar-refractivity contribution is 7.18. The maximum Gasteiger partial charge on any atom is 0.236 e. The van der Waals surface area contributed by atoms with Gasteiger partial charge >= 0.3 is 0 Å². The molecule has 3 N–H and O–H groups in total. The van der Waals surface area contributed by atoms with Crippen molar-refractivity contribution < 1.29 is 18.4 Å². The van der Waals surface area contributed by atoms with Gasteiger partial charge < -0.3 is 20.9 Å². The Kier molecular flexibility index (Phi) is 6.43. The van der Waals surface area contributed by atoms with Gasteiger partial charge in [0.25, 0.3) is 0 Å². The van der Waals surface area contributed by atoms with Crippen molar-refractivity contribution >= 4 is 34.0 Å². The number of amides is 1. The third kappa shape index (κ3) is 4.88. The number of nitrogens with zero attached hydrogens (tertiary/aromatic N) is 3. The molecule has 1 saturated heterocycles. The van der Waals surface area contributed by atoms with Crippen molar-refractivity contribution in [1.29, 1.82) is 0 Å². The predicted octanol–water partition coefficient (Wildman–Crippen LogP) is 2.20. The van der Waals surface area contributed by atoms with Gasteiger partial charge in [-0.1, -0.05) is 17.4 Å². The lowest BCUT2D eigenvalue weighted by molar-refractivity contribution is -0.132. The number of ketones is 1. The number of anilines is 2. The van der Waals surface area contributed by atoms with Crippen LogP contribution in [-0.4, -0.2) is 66.2 Å². The van der Waals surface area contributed by atoms with Crippen molar-refractivity contribution in [3.63, 3.8) is 0 Å². The summed E-state index contributed by atoms with van der Waals surface area (Å²) in [6.07, 6.45) is 1.45. The van der Waals surface area contributed by atoms with Crippen LogP contribution in [0, 0.1) is 11.6 Å². The van der Waals surface area contributed by atoms with Crippen LogP contribution >= 0.6 is 11.3 Å². The second kappa shape index (κ2) is 8.83. The normalized spacial score (nSPS) is 15.0. The number of benzene rings is 1. The minimum atomic E-state index is -0.938. The van der Waals surface area contributed by atoms with E-state index in [4.69, 9.17) is 5.73 Å². The van der Waals surface area contributed by atoms with E-state index in [1.54, 1.807) is 0 Å². The van der Waals surface area contributed by atoms with E-state index in [2.05, 4.69) is 10.3 Å². The molecule has 1 aromatic heterocycles. The molecule has 156 valence electrons. The summed E-state index contributed by atoms with van der Waals surface area (Å²) in [5.41, 5.74) is 5.19. The number of likely N-dealkylation sites (N-methyl/N-ethyl adjacent to an activating group) is 1. The Morgan fingerprint density at radius 3 is 2.48 bits per heavy atom. The summed E-state index contributed by atoms with van der Waals surface area (Å²) in [6.45, 7) is 1.62. The fourth-order valence-corrected chi connectivity index (χ4v) is 4.11. The molecule has 1 aliphatic rings. The minimum absolute atomic E-state index is 0.00454. The van der Waals surface area contributed by atoms with Crippen LogP contribution in [0.2, 0.25) is 0 Å². The van der Waals surface area contributed by atoms with E-state index >= 15 is 0 Å². The smallest absolute Gasteiger partial charge is 0.236 e. The van der Waals surface area contributed by atoms with Crippen molar-refractivity contribution in [1.82, 2.24) is 14.8 Å². The molecule has 0 bridgehead atoms. The minimum Gasteiger partial charge on any atom is -0.382 e. The topological polar surface area (TPSA) is 91.6 Å². The van der Waals surface area contributed by atoms with Crippen LogP contribution in [0.25, 0.3) is 0 Å². The third-order valence-corrected chi connectivity index (χ3v) is 5.68. The number of halogens is 2. The molecule has 7 nitrogen and oxygen atoms in total. The van der Waals surface area contributed by atoms with E-state index < -0.39 is 23.0 Å². The number of thiazole rings is 1. The number of nitrogens with two attached hydrogens (primary N) is 1. The molecule has 0 saturated carbocycles. The van der Waals surface area contributed by atoms with Crippen LogP contribution in [0.15, 0.2) is 18.2 Å². The van der Waals surface area contributed by atoms with E-state index in [-0.39, 0.29) is 22.6 Å². The van der Waals surface area contributed by atoms with Crippen molar-refractivity contribution in [3.05, 3.63) is 40.3 Å². The lowest BCUT2D eigenvalue weighted by Gasteiger charge is -2.33. The van der Waals surface area contributed by atoms with Gasteiger partial charge in [0, 0.05) is 19.1 Å². The monoisotopic (exact) mass is 423 g/mol. The third-order valence-electron chi connectivity index (χ3n) is 4.68. The lowest BCUT2D eigenvalue weighted by atomic mass is 10.1. The SMILES string of the molecule is CN(C)CC(=O)N1CCC(Nc2nc(N)c(C(=O)c3c(F)cccc3F)s2)CC1. The molecular formula is C19H23F2N5O2S. The second-order valence-electron chi connectivity index (χ2n) is 7.20. The van der Waals surface area contributed by atoms with Gasteiger partial charge in [0.05, 0.1) is 12.1 Å². The quantitative estimate of drug-likeness (QED) is 0.693. The molecule has 3 rings (SSSR count). The number of hydrogen-bond acceptors (Lipinski definition) is 7. The van der Waals surface area contributed by atoms with Gasteiger partial charge in [-0.15, -0.1) is 0 Å². The van der Waals surface area contributed by atoms with Crippen LogP contribution in [-0.2, 0) is 4.79 Å². The summed E-state index contributed by atoms with van der Waals surface area (Å²) in [4.78, 5) is 32.5. The fourth-order valence-electron chi connectivity index (χ4n) is 3.20. The molecule has 0 radical (unpaired) electrons. The van der Waals surface area contributed by atoms with Crippen LogP contribution in [0.3, 0.4) is 0 Å². The van der Waals surface area contributed by atoms with E-state index in [9.17, 15) is 18.4 Å². The van der Waals surface area contributed by atoms with Crippen LogP contribution in [0.1, 0.15) is 28.1 Å². The number of carbonyl (C=O) groups excluding carboxylic acids is 2. The number of nitrogen functional groups attached to an aromatic ring is 1. The number of carbonyl (C=O) groups is 2. The zero-order valence-corrected chi connectivity index (χ0v) is 17.1. The Bertz CT molecular complexity index is 890. The molecule has 10 heteroatoms. The Labute approximate surface area is 171 Å². The van der Waals surface area contributed by atoms with E-state index in [0.29, 0.717) is 24.8 Å². The van der Waals surface area contributed by atoms with Gasteiger partial charge in [-0.05, 0) is 39.1 Å². The molecule has 1 aromatic carbocycles. The highest BCUT2D eigenvalue weighted by atomic mass is 32.1. The highest BCUT2D eigenvalue weighted by Gasteiger charge is 2.26. The molecule has 0 atom stereocenters. The van der Waals surface area contributed by atoms with Crippen molar-refractivity contribution in [3.8, 4) is 0 Å². The van der Waals surface area contributed by atoms with Gasteiger partial charge in [0.1, 0.15) is 22.3 Å². The summed E-state index contributed by atoms with van der Waals surface area (Å²) >= 11 is 0.972. The van der Waals surface area contributed by atoms with Crippen molar-refractivity contribution in [2.45, 2.75) is 18.9 Å². The average Bonchev–Trinajstić information content (AvgIpc) is 3.01. The molecule has 29 heavy (non-hydrogen) atoms. The number of likely N-dealkylation sites (tertiary alicyclic amines) is 1. The largest absolute Gasteiger partial charge is 0.382 e. The Balaban J connectivity index is 1.65. The summed E-state index contributed by atoms with van der Waals surface area (Å²) < 4.78 is 27.8. The maximum atomic E-state index is 13.9. The van der Waals surface area contributed by atoms with E-state index in [0.717, 1.165) is 36.3 Å². The first kappa shape index (κ1) is 21.1. The fraction of sp³-hybridized carbons (Fsp3) is 0.421.